The molecule has 2 aliphatic rings. The van der Waals surface area contributed by atoms with Crippen LogP contribution in [0.5, 0.6) is 0 Å². The number of aliphatic carboxylic acids is 1. The molecule has 1 heterocycles. The molecule has 0 aromatic heterocycles. The van der Waals surface area contributed by atoms with Crippen LogP contribution in [0.15, 0.2) is 30.3 Å². The van der Waals surface area contributed by atoms with Crippen LogP contribution in [-0.4, -0.2) is 35.0 Å². The second-order valence-electron chi connectivity index (χ2n) is 6.61. The number of nitrogens with zero attached hydrogens (tertiary/aromatic N) is 1. The molecular weight excluding hydrogens is 278 g/mol. The Morgan fingerprint density at radius 3 is 2.50 bits per heavy atom. The van der Waals surface area contributed by atoms with E-state index in [-0.39, 0.29) is 5.91 Å². The smallest absolute Gasteiger partial charge is 0.319 e. The molecule has 0 radical (unpaired) electrons. The molecule has 4 nitrogen and oxygen atoms in total. The molecule has 1 aliphatic heterocycles. The molecule has 118 valence electrons. The van der Waals surface area contributed by atoms with Gasteiger partial charge in [-0.15, -0.1) is 0 Å². The first-order valence-corrected chi connectivity index (χ1v) is 8.16. The number of carboxylic acid groups (broad SMARTS) is 1. The molecule has 1 aromatic carbocycles. The molecule has 1 aliphatic carbocycles. The minimum absolute atomic E-state index is 0.162. The van der Waals surface area contributed by atoms with Gasteiger partial charge >= 0.3 is 5.97 Å². The molecule has 1 aromatic rings. The number of benzene rings is 1. The van der Waals surface area contributed by atoms with Crippen molar-refractivity contribution in [2.45, 2.75) is 38.5 Å². The highest BCUT2D eigenvalue weighted by atomic mass is 16.4. The number of rotatable bonds is 4. The molecule has 1 amide bonds. The lowest BCUT2D eigenvalue weighted by Crippen LogP contribution is -2.47. The second kappa shape index (κ2) is 5.75. The van der Waals surface area contributed by atoms with E-state index in [1.807, 2.05) is 6.07 Å². The van der Waals surface area contributed by atoms with Crippen LogP contribution < -0.4 is 0 Å². The summed E-state index contributed by atoms with van der Waals surface area (Å²) in [6.45, 7) is 3.51. The molecule has 1 N–H and O–H groups in total. The van der Waals surface area contributed by atoms with Crippen LogP contribution in [0.3, 0.4) is 0 Å². The van der Waals surface area contributed by atoms with Gasteiger partial charge in [-0.2, -0.15) is 0 Å². The minimum atomic E-state index is -1.10. The summed E-state index contributed by atoms with van der Waals surface area (Å²) in [5, 5.41) is 9.31. The molecule has 4 heteroatoms. The van der Waals surface area contributed by atoms with Gasteiger partial charge in [0.2, 0.25) is 5.91 Å². The van der Waals surface area contributed by atoms with E-state index in [2.05, 4.69) is 31.2 Å². The predicted octanol–water partition coefficient (Wildman–Crippen LogP) is 2.89. The fourth-order valence-electron chi connectivity index (χ4n) is 3.72. The minimum Gasteiger partial charge on any atom is -0.480 e. The summed E-state index contributed by atoms with van der Waals surface area (Å²) in [7, 11) is 0. The number of carboxylic acids is 1. The van der Waals surface area contributed by atoms with Crippen molar-refractivity contribution in [2.24, 2.45) is 11.3 Å². The summed E-state index contributed by atoms with van der Waals surface area (Å²) in [4.78, 5) is 25.7. The summed E-state index contributed by atoms with van der Waals surface area (Å²) in [6, 6.07) is 10.5. The lowest BCUT2D eigenvalue weighted by atomic mass is 9.79. The monoisotopic (exact) mass is 301 g/mol. The fraction of sp³-hybridized carbons (Fsp3) is 0.556. The van der Waals surface area contributed by atoms with Crippen LogP contribution in [-0.2, 0) is 9.59 Å². The Hall–Kier alpha value is -1.84. The maximum absolute atomic E-state index is 12.6. The van der Waals surface area contributed by atoms with Crippen LogP contribution in [0.25, 0.3) is 0 Å². The number of carbonyl (C=O) groups is 2. The zero-order valence-corrected chi connectivity index (χ0v) is 13.0. The fourth-order valence-corrected chi connectivity index (χ4v) is 3.72. The second-order valence-corrected chi connectivity index (χ2v) is 6.61. The molecular formula is C18H23NO3. The number of likely N-dealkylation sites (tertiary alicyclic amines) is 1. The van der Waals surface area contributed by atoms with E-state index in [4.69, 9.17) is 0 Å². The van der Waals surface area contributed by atoms with Crippen LogP contribution in [0.2, 0.25) is 0 Å². The third-order valence-electron chi connectivity index (χ3n) is 5.34. The van der Waals surface area contributed by atoms with Crippen LogP contribution in [0.4, 0.5) is 0 Å². The van der Waals surface area contributed by atoms with E-state index >= 15 is 0 Å². The molecule has 0 bridgehead atoms. The highest BCUT2D eigenvalue weighted by molar-refractivity contribution is 6.04. The van der Waals surface area contributed by atoms with Crippen molar-refractivity contribution in [3.05, 3.63) is 35.9 Å². The predicted molar refractivity (Wildman–Crippen MR) is 83.5 cm³/mol. The van der Waals surface area contributed by atoms with E-state index in [0.29, 0.717) is 37.8 Å². The van der Waals surface area contributed by atoms with Crippen molar-refractivity contribution in [3.8, 4) is 0 Å². The first-order chi connectivity index (χ1) is 10.6. The average molecular weight is 301 g/mol. The van der Waals surface area contributed by atoms with Crippen LogP contribution >= 0.6 is 0 Å². The highest BCUT2D eigenvalue weighted by Gasteiger charge is 2.59. The summed E-state index contributed by atoms with van der Waals surface area (Å²) in [5.74, 6) is -0.236. The normalized spacial score (nSPS) is 26.5. The molecule has 1 saturated carbocycles. The zero-order chi connectivity index (χ0) is 15.7. The van der Waals surface area contributed by atoms with Gasteiger partial charge in [-0.1, -0.05) is 43.7 Å². The van der Waals surface area contributed by atoms with E-state index in [0.717, 1.165) is 12.8 Å². The zero-order valence-electron chi connectivity index (χ0n) is 13.0. The number of piperidine rings is 1. The number of hydrogen-bond donors (Lipinski definition) is 1. The number of carbonyl (C=O) groups excluding carboxylic acids is 1. The summed E-state index contributed by atoms with van der Waals surface area (Å²) in [6.07, 6.45) is 2.92. The molecule has 0 spiro atoms. The Morgan fingerprint density at radius 1 is 1.27 bits per heavy atom. The highest BCUT2D eigenvalue weighted by Crippen LogP contribution is 2.48. The van der Waals surface area contributed by atoms with Crippen molar-refractivity contribution >= 4 is 11.9 Å². The van der Waals surface area contributed by atoms with Gasteiger partial charge in [0.25, 0.3) is 0 Å². The average Bonchev–Trinajstić information content (AvgIpc) is 3.36. The van der Waals surface area contributed by atoms with Gasteiger partial charge in [-0.05, 0) is 36.7 Å². The van der Waals surface area contributed by atoms with Gasteiger partial charge in [0.1, 0.15) is 5.41 Å². The Kier molecular flexibility index (Phi) is 3.94. The van der Waals surface area contributed by atoms with Gasteiger partial charge in [0.15, 0.2) is 0 Å². The maximum atomic E-state index is 12.6. The Balaban J connectivity index is 1.73. The number of amides is 1. The summed E-state index contributed by atoms with van der Waals surface area (Å²) < 4.78 is 0. The first kappa shape index (κ1) is 15.1. The maximum Gasteiger partial charge on any atom is 0.319 e. The van der Waals surface area contributed by atoms with Crippen LogP contribution in [0.1, 0.15) is 44.1 Å². The third kappa shape index (κ3) is 2.51. The van der Waals surface area contributed by atoms with E-state index in [1.54, 1.807) is 4.90 Å². The topological polar surface area (TPSA) is 57.6 Å². The molecule has 2 unspecified atom stereocenters. The summed E-state index contributed by atoms with van der Waals surface area (Å²) >= 11 is 0. The van der Waals surface area contributed by atoms with E-state index in [1.165, 1.54) is 5.56 Å². The Labute approximate surface area is 131 Å². The quantitative estimate of drug-likeness (QED) is 0.870. The molecule has 3 rings (SSSR count). The van der Waals surface area contributed by atoms with E-state index in [9.17, 15) is 14.7 Å². The van der Waals surface area contributed by atoms with Crippen molar-refractivity contribution in [1.29, 1.82) is 0 Å². The van der Waals surface area contributed by atoms with Gasteiger partial charge in [-0.3, -0.25) is 9.59 Å². The summed E-state index contributed by atoms with van der Waals surface area (Å²) in [5.41, 5.74) is 0.235. The van der Waals surface area contributed by atoms with Crippen molar-refractivity contribution < 1.29 is 14.7 Å². The molecule has 1 saturated heterocycles. The first-order valence-electron chi connectivity index (χ1n) is 8.16. The number of hydrogen-bond acceptors (Lipinski definition) is 2. The molecule has 2 atom stereocenters. The van der Waals surface area contributed by atoms with Crippen molar-refractivity contribution in [3.63, 3.8) is 0 Å². The molecule has 2 fully saturated rings. The van der Waals surface area contributed by atoms with Gasteiger partial charge in [-0.25, -0.2) is 0 Å². The largest absolute Gasteiger partial charge is 0.480 e. The van der Waals surface area contributed by atoms with Crippen LogP contribution in [0, 0.1) is 11.3 Å². The lowest BCUT2D eigenvalue weighted by Gasteiger charge is -2.39. The van der Waals surface area contributed by atoms with Gasteiger partial charge in [0.05, 0.1) is 0 Å². The standard InChI is InChI=1S/C18H23NO3/c1-2-13-12-19(16(20)18(9-10-18)17(21)22)11-8-15(13)14-6-4-3-5-7-14/h3-7,13,15H,2,8-12H2,1H3,(H,21,22). The third-order valence-corrected chi connectivity index (χ3v) is 5.34. The van der Waals surface area contributed by atoms with E-state index < -0.39 is 11.4 Å². The Morgan fingerprint density at radius 2 is 1.95 bits per heavy atom. The van der Waals surface area contributed by atoms with Crippen molar-refractivity contribution in [2.75, 3.05) is 13.1 Å². The van der Waals surface area contributed by atoms with Gasteiger partial charge < -0.3 is 10.0 Å². The molecule has 22 heavy (non-hydrogen) atoms. The van der Waals surface area contributed by atoms with Gasteiger partial charge in [0, 0.05) is 13.1 Å². The van der Waals surface area contributed by atoms with Crippen molar-refractivity contribution in [1.82, 2.24) is 4.90 Å². The Bertz CT molecular complexity index is 565. The lowest BCUT2D eigenvalue weighted by molar-refractivity contribution is -0.154. The SMILES string of the molecule is CCC1CN(C(=O)C2(C(=O)O)CC2)CCC1c1ccccc1.